The summed E-state index contributed by atoms with van der Waals surface area (Å²) in [6.45, 7) is 5.00. The molecule has 0 aromatic carbocycles. The smallest absolute Gasteiger partial charge is 0.0895 e. The zero-order chi connectivity index (χ0) is 12.0. The van der Waals surface area contributed by atoms with E-state index in [1.807, 2.05) is 0 Å². The zero-order valence-electron chi connectivity index (χ0n) is 10.7. The van der Waals surface area contributed by atoms with Crippen molar-refractivity contribution in [3.8, 4) is 0 Å². The molecule has 3 nitrogen and oxygen atoms in total. The van der Waals surface area contributed by atoms with Crippen LogP contribution in [-0.2, 0) is 0 Å². The van der Waals surface area contributed by atoms with Gasteiger partial charge in [0.25, 0.3) is 0 Å². The Morgan fingerprint density at radius 1 is 1.19 bits per heavy atom. The Labute approximate surface area is 99.3 Å². The molecule has 1 aliphatic carbocycles. The van der Waals surface area contributed by atoms with Crippen LogP contribution in [0, 0.1) is 11.8 Å². The van der Waals surface area contributed by atoms with Gasteiger partial charge in [-0.2, -0.15) is 0 Å². The SMILES string of the molecule is CC(C)C1CCCC(NCC(O)CO)CC1. The van der Waals surface area contributed by atoms with Gasteiger partial charge in [-0.15, -0.1) is 0 Å². The molecule has 3 atom stereocenters. The molecule has 96 valence electrons. The lowest BCUT2D eigenvalue weighted by Gasteiger charge is -2.20. The lowest BCUT2D eigenvalue weighted by atomic mass is 9.89. The van der Waals surface area contributed by atoms with Gasteiger partial charge >= 0.3 is 0 Å². The maximum absolute atomic E-state index is 9.29. The number of aliphatic hydroxyl groups is 2. The third kappa shape index (κ3) is 4.81. The second-order valence-corrected chi connectivity index (χ2v) is 5.45. The normalized spacial score (nSPS) is 29.1. The maximum Gasteiger partial charge on any atom is 0.0895 e. The van der Waals surface area contributed by atoms with Crippen LogP contribution in [0.1, 0.15) is 46.0 Å². The summed E-state index contributed by atoms with van der Waals surface area (Å²) < 4.78 is 0. The predicted molar refractivity (Wildman–Crippen MR) is 66.3 cm³/mol. The minimum atomic E-state index is -0.607. The van der Waals surface area contributed by atoms with Crippen molar-refractivity contribution >= 4 is 0 Å². The van der Waals surface area contributed by atoms with Crippen molar-refractivity contribution in [1.82, 2.24) is 5.32 Å². The average molecular weight is 229 g/mol. The first kappa shape index (κ1) is 13.9. The van der Waals surface area contributed by atoms with Crippen LogP contribution in [0.3, 0.4) is 0 Å². The van der Waals surface area contributed by atoms with Gasteiger partial charge in [0.1, 0.15) is 0 Å². The van der Waals surface area contributed by atoms with Crippen LogP contribution in [0.5, 0.6) is 0 Å². The number of rotatable bonds is 5. The quantitative estimate of drug-likeness (QED) is 0.627. The number of hydrogen-bond acceptors (Lipinski definition) is 3. The third-order valence-corrected chi connectivity index (χ3v) is 3.81. The molecule has 0 saturated heterocycles. The number of hydrogen-bond donors (Lipinski definition) is 3. The molecular weight excluding hydrogens is 202 g/mol. The van der Waals surface area contributed by atoms with Crippen LogP contribution in [0.2, 0.25) is 0 Å². The van der Waals surface area contributed by atoms with E-state index in [9.17, 15) is 5.11 Å². The van der Waals surface area contributed by atoms with Gasteiger partial charge in [0.15, 0.2) is 0 Å². The average Bonchev–Trinajstić information content (AvgIpc) is 2.51. The van der Waals surface area contributed by atoms with E-state index < -0.39 is 6.10 Å². The second-order valence-electron chi connectivity index (χ2n) is 5.45. The van der Waals surface area contributed by atoms with Crippen LogP contribution in [0.25, 0.3) is 0 Å². The highest BCUT2D eigenvalue weighted by Crippen LogP contribution is 2.28. The standard InChI is InChI=1S/C13H27NO2/c1-10(2)11-4-3-5-12(7-6-11)14-8-13(16)9-15/h10-16H,3-9H2,1-2H3. The van der Waals surface area contributed by atoms with Gasteiger partial charge in [-0.1, -0.05) is 26.7 Å². The molecule has 1 saturated carbocycles. The Balaban J connectivity index is 2.25. The Morgan fingerprint density at radius 2 is 1.94 bits per heavy atom. The molecule has 0 aromatic rings. The third-order valence-electron chi connectivity index (χ3n) is 3.81. The molecule has 1 fully saturated rings. The molecule has 1 aliphatic rings. The van der Waals surface area contributed by atoms with E-state index in [0.717, 1.165) is 11.8 Å². The fraction of sp³-hybridized carbons (Fsp3) is 1.00. The highest BCUT2D eigenvalue weighted by Gasteiger charge is 2.20. The topological polar surface area (TPSA) is 52.5 Å². The summed E-state index contributed by atoms with van der Waals surface area (Å²) in [5.74, 6) is 1.66. The van der Waals surface area contributed by atoms with Crippen molar-refractivity contribution in [3.05, 3.63) is 0 Å². The van der Waals surface area contributed by atoms with Crippen LogP contribution in [-0.4, -0.2) is 35.5 Å². The molecule has 0 amide bonds. The highest BCUT2D eigenvalue weighted by atomic mass is 16.3. The van der Waals surface area contributed by atoms with Crippen LogP contribution in [0.15, 0.2) is 0 Å². The Kier molecular flexibility index (Phi) is 6.32. The van der Waals surface area contributed by atoms with Gasteiger partial charge in [0.05, 0.1) is 12.7 Å². The first-order valence-corrected chi connectivity index (χ1v) is 6.65. The van der Waals surface area contributed by atoms with Crippen LogP contribution >= 0.6 is 0 Å². The van der Waals surface area contributed by atoms with Crippen LogP contribution < -0.4 is 5.32 Å². The summed E-state index contributed by atoms with van der Waals surface area (Å²) in [7, 11) is 0. The zero-order valence-corrected chi connectivity index (χ0v) is 10.7. The lowest BCUT2D eigenvalue weighted by molar-refractivity contribution is 0.0912. The maximum atomic E-state index is 9.29. The highest BCUT2D eigenvalue weighted by molar-refractivity contribution is 4.77. The van der Waals surface area contributed by atoms with Crippen molar-refractivity contribution in [2.24, 2.45) is 11.8 Å². The van der Waals surface area contributed by atoms with E-state index in [4.69, 9.17) is 5.11 Å². The molecule has 0 aliphatic heterocycles. The molecule has 0 aromatic heterocycles. The molecule has 0 bridgehead atoms. The van der Waals surface area contributed by atoms with Crippen LogP contribution in [0.4, 0.5) is 0 Å². The summed E-state index contributed by atoms with van der Waals surface area (Å²) in [4.78, 5) is 0. The summed E-state index contributed by atoms with van der Waals surface area (Å²) in [6.07, 6.45) is 5.74. The van der Waals surface area contributed by atoms with E-state index in [-0.39, 0.29) is 6.61 Å². The summed E-state index contributed by atoms with van der Waals surface area (Å²) in [5, 5.41) is 21.4. The van der Waals surface area contributed by atoms with Crippen molar-refractivity contribution in [2.75, 3.05) is 13.2 Å². The largest absolute Gasteiger partial charge is 0.394 e. The second kappa shape index (κ2) is 7.25. The van der Waals surface area contributed by atoms with E-state index in [0.29, 0.717) is 12.6 Å². The fourth-order valence-electron chi connectivity index (χ4n) is 2.57. The predicted octanol–water partition coefficient (Wildman–Crippen LogP) is 1.53. The van der Waals surface area contributed by atoms with Gasteiger partial charge in [-0.25, -0.2) is 0 Å². The molecular formula is C13H27NO2. The van der Waals surface area contributed by atoms with Crippen molar-refractivity contribution in [3.63, 3.8) is 0 Å². The molecule has 3 unspecified atom stereocenters. The minimum absolute atomic E-state index is 0.145. The van der Waals surface area contributed by atoms with Gasteiger partial charge in [-0.05, 0) is 31.1 Å². The lowest BCUT2D eigenvalue weighted by Crippen LogP contribution is -2.36. The Morgan fingerprint density at radius 3 is 2.56 bits per heavy atom. The van der Waals surface area contributed by atoms with Gasteiger partial charge in [0.2, 0.25) is 0 Å². The van der Waals surface area contributed by atoms with Crippen molar-refractivity contribution in [2.45, 2.75) is 58.1 Å². The van der Waals surface area contributed by atoms with E-state index >= 15 is 0 Å². The Hall–Kier alpha value is -0.120. The molecule has 3 N–H and O–H groups in total. The summed E-state index contributed by atoms with van der Waals surface area (Å²) in [6, 6.07) is 0.532. The minimum Gasteiger partial charge on any atom is -0.394 e. The molecule has 0 radical (unpaired) electrons. The van der Waals surface area contributed by atoms with Gasteiger partial charge < -0.3 is 15.5 Å². The molecule has 1 rings (SSSR count). The van der Waals surface area contributed by atoms with Crippen molar-refractivity contribution < 1.29 is 10.2 Å². The van der Waals surface area contributed by atoms with E-state index in [1.54, 1.807) is 0 Å². The fourth-order valence-corrected chi connectivity index (χ4v) is 2.57. The number of nitrogens with one attached hydrogen (secondary N) is 1. The first-order chi connectivity index (χ1) is 7.63. The van der Waals surface area contributed by atoms with Gasteiger partial charge in [-0.3, -0.25) is 0 Å². The first-order valence-electron chi connectivity index (χ1n) is 6.65. The van der Waals surface area contributed by atoms with E-state index in [1.165, 1.54) is 32.1 Å². The monoisotopic (exact) mass is 229 g/mol. The summed E-state index contributed by atoms with van der Waals surface area (Å²) >= 11 is 0. The van der Waals surface area contributed by atoms with E-state index in [2.05, 4.69) is 19.2 Å². The molecule has 3 heteroatoms. The molecule has 0 heterocycles. The molecule has 16 heavy (non-hydrogen) atoms. The van der Waals surface area contributed by atoms with Gasteiger partial charge in [0, 0.05) is 12.6 Å². The Bertz CT molecular complexity index is 185. The summed E-state index contributed by atoms with van der Waals surface area (Å²) in [5.41, 5.74) is 0. The number of aliphatic hydroxyl groups excluding tert-OH is 2. The van der Waals surface area contributed by atoms with Crippen molar-refractivity contribution in [1.29, 1.82) is 0 Å². The molecule has 0 spiro atoms.